The maximum absolute atomic E-state index is 15.2. The van der Waals surface area contributed by atoms with E-state index in [2.05, 4.69) is 38.0 Å². The zero-order valence-corrected chi connectivity index (χ0v) is 19.4. The summed E-state index contributed by atoms with van der Waals surface area (Å²) in [6, 6.07) is 3.76. The van der Waals surface area contributed by atoms with Crippen molar-refractivity contribution in [2.24, 2.45) is 0 Å². The van der Waals surface area contributed by atoms with Crippen molar-refractivity contribution in [3.05, 3.63) is 47.4 Å². The number of ether oxygens (including phenoxy) is 1. The molecule has 3 aromatic rings. The Kier molecular flexibility index (Phi) is 6.47. The molecule has 0 unspecified atom stereocenters. The second-order valence-corrected chi connectivity index (χ2v) is 9.43. The van der Waals surface area contributed by atoms with Crippen LogP contribution in [0.15, 0.2) is 24.3 Å². The summed E-state index contributed by atoms with van der Waals surface area (Å²) in [6.45, 7) is 0. The first kappa shape index (κ1) is 23.6. The Morgan fingerprint density at radius 1 is 1.21 bits per heavy atom. The van der Waals surface area contributed by atoms with Crippen LogP contribution in [0.1, 0.15) is 47.9 Å². The first-order valence-corrected chi connectivity index (χ1v) is 11.3. The molecule has 0 saturated heterocycles. The molecule has 1 fully saturated rings. The quantitative estimate of drug-likeness (QED) is 0.237. The van der Waals surface area contributed by atoms with E-state index >= 15 is 8.78 Å². The third kappa shape index (κ3) is 4.62. The molecule has 1 amide bonds. The van der Waals surface area contributed by atoms with Crippen molar-refractivity contribution < 1.29 is 31.5 Å². The van der Waals surface area contributed by atoms with Crippen LogP contribution in [0.3, 0.4) is 0 Å². The fourth-order valence-corrected chi connectivity index (χ4v) is 4.59. The van der Waals surface area contributed by atoms with Crippen LogP contribution in [-0.2, 0) is 6.18 Å². The number of alkyl halides is 4. The van der Waals surface area contributed by atoms with Gasteiger partial charge in [-0.15, -0.1) is 0 Å². The Balaban J connectivity index is 1.71. The number of carbonyl (C=O) groups excluding carboxylic acids is 1. The highest BCUT2D eigenvalue weighted by atomic mass is 127. The highest BCUT2D eigenvalue weighted by Gasteiger charge is 2.33. The molecule has 0 radical (unpaired) electrons. The maximum Gasteiger partial charge on any atom is 0.433 e. The van der Waals surface area contributed by atoms with Crippen molar-refractivity contribution in [1.29, 1.82) is 0 Å². The molecule has 2 aromatic heterocycles. The molecule has 1 aliphatic rings. The van der Waals surface area contributed by atoms with Gasteiger partial charge in [0.2, 0.25) is 5.95 Å². The fourth-order valence-electron chi connectivity index (χ4n) is 3.87. The van der Waals surface area contributed by atoms with E-state index in [0.717, 1.165) is 48.9 Å². The van der Waals surface area contributed by atoms with Gasteiger partial charge >= 0.3 is 6.18 Å². The zero-order valence-electron chi connectivity index (χ0n) is 17.2. The molecule has 1 saturated carbocycles. The predicted octanol–water partition coefficient (Wildman–Crippen LogP) is 5.91. The number of amides is 1. The molecule has 1 N–H and O–H groups in total. The number of hydrogen-bond acceptors (Lipinski definition) is 4. The van der Waals surface area contributed by atoms with E-state index < -0.39 is 41.0 Å². The average molecular weight is 580 g/mol. The van der Waals surface area contributed by atoms with Crippen LogP contribution in [0.5, 0.6) is 5.75 Å². The van der Waals surface area contributed by atoms with Gasteiger partial charge in [0, 0.05) is 3.92 Å². The number of nitrogens with one attached hydrogen (secondary N) is 1. The molecular weight excluding hydrogens is 562 g/mol. The molecular formula is C21H18F5IN4O2. The van der Waals surface area contributed by atoms with E-state index in [4.69, 9.17) is 4.74 Å². The van der Waals surface area contributed by atoms with E-state index in [-0.39, 0.29) is 22.6 Å². The number of nitrogens with zero attached hydrogens (tertiary/aromatic N) is 3. The summed E-state index contributed by atoms with van der Waals surface area (Å²) in [6.07, 6.45) is -1.58. The van der Waals surface area contributed by atoms with Crippen LogP contribution < -0.4 is 10.1 Å². The van der Waals surface area contributed by atoms with Gasteiger partial charge < -0.3 is 10.1 Å². The lowest BCUT2D eigenvalue weighted by Crippen LogP contribution is -2.20. The normalized spacial score (nSPS) is 19.0. The summed E-state index contributed by atoms with van der Waals surface area (Å²) in [5.74, 6) is -3.19. The van der Waals surface area contributed by atoms with Gasteiger partial charge in [0.05, 0.1) is 24.2 Å². The number of methoxy groups -OCH3 is 1. The summed E-state index contributed by atoms with van der Waals surface area (Å²) < 4.78 is 75.8. The first-order valence-electron chi connectivity index (χ1n) is 10.0. The Morgan fingerprint density at radius 2 is 1.91 bits per heavy atom. The van der Waals surface area contributed by atoms with Gasteiger partial charge in [-0.25, -0.2) is 14.1 Å². The van der Waals surface area contributed by atoms with Crippen LogP contribution in [0, 0.1) is 11.8 Å². The van der Waals surface area contributed by atoms with Gasteiger partial charge in [-0.3, -0.25) is 4.79 Å². The standard InChI is InChI=1S/C21H18F5IN4O2/c1-33-18-14(29-20(32)13-3-2-4-15(28-13)21(24,25)26)9-12-17(16(18)22)30-31(19(12)23)11-7-5-10(27)6-8-11/h2-4,9-11H,5-8H2,1H3,(H,29,32). The Bertz CT molecular complexity index is 1210. The number of benzene rings is 1. The molecule has 0 aliphatic heterocycles. The molecule has 1 aromatic carbocycles. The summed E-state index contributed by atoms with van der Waals surface area (Å²) in [5.41, 5.74) is -2.30. The van der Waals surface area contributed by atoms with Crippen LogP contribution in [0.2, 0.25) is 0 Å². The topological polar surface area (TPSA) is 69.0 Å². The number of aromatic nitrogens is 3. The molecule has 2 heterocycles. The molecule has 6 nitrogen and oxygen atoms in total. The summed E-state index contributed by atoms with van der Waals surface area (Å²) in [5, 5.41) is 6.22. The van der Waals surface area contributed by atoms with Crippen molar-refractivity contribution in [1.82, 2.24) is 14.8 Å². The highest BCUT2D eigenvalue weighted by molar-refractivity contribution is 14.1. The number of halogens is 6. The number of rotatable bonds is 4. The first-order chi connectivity index (χ1) is 15.6. The van der Waals surface area contributed by atoms with Crippen molar-refractivity contribution in [3.8, 4) is 5.75 Å². The maximum atomic E-state index is 15.2. The van der Waals surface area contributed by atoms with E-state index in [1.54, 1.807) is 0 Å². The van der Waals surface area contributed by atoms with Gasteiger partial charge in [-0.05, 0) is 43.9 Å². The molecule has 0 spiro atoms. The van der Waals surface area contributed by atoms with E-state index in [1.807, 2.05) is 0 Å². The third-order valence-electron chi connectivity index (χ3n) is 5.52. The minimum Gasteiger partial charge on any atom is -0.491 e. The number of pyridine rings is 1. The monoisotopic (exact) mass is 580 g/mol. The lowest BCUT2D eigenvalue weighted by atomic mass is 9.96. The fraction of sp³-hybridized carbons (Fsp3) is 0.381. The molecule has 12 heteroatoms. The number of anilines is 1. The van der Waals surface area contributed by atoms with Gasteiger partial charge in [-0.2, -0.15) is 22.7 Å². The SMILES string of the molecule is COc1c(NC(=O)c2cccc(C(F)(F)F)n2)cc2c(F)n(C3CCC(I)CC3)nc2c1F. The smallest absolute Gasteiger partial charge is 0.433 e. The largest absolute Gasteiger partial charge is 0.491 e. The summed E-state index contributed by atoms with van der Waals surface area (Å²) >= 11 is 2.34. The average Bonchev–Trinajstić information content (AvgIpc) is 3.11. The molecule has 1 aliphatic carbocycles. The molecule has 0 bridgehead atoms. The summed E-state index contributed by atoms with van der Waals surface area (Å²) in [4.78, 5) is 15.8. The minimum atomic E-state index is -4.74. The summed E-state index contributed by atoms with van der Waals surface area (Å²) in [7, 11) is 1.15. The lowest BCUT2D eigenvalue weighted by Gasteiger charge is -2.25. The van der Waals surface area contributed by atoms with Crippen molar-refractivity contribution in [2.75, 3.05) is 12.4 Å². The van der Waals surface area contributed by atoms with Gasteiger partial charge in [0.25, 0.3) is 5.91 Å². The van der Waals surface area contributed by atoms with Crippen molar-refractivity contribution >= 4 is 45.1 Å². The number of fused-ring (bicyclic) bond motifs is 1. The zero-order chi connectivity index (χ0) is 23.9. The Hall–Kier alpha value is -2.51. The predicted molar refractivity (Wildman–Crippen MR) is 119 cm³/mol. The molecule has 33 heavy (non-hydrogen) atoms. The lowest BCUT2D eigenvalue weighted by molar-refractivity contribution is -0.141. The Morgan fingerprint density at radius 3 is 2.55 bits per heavy atom. The van der Waals surface area contributed by atoms with Gasteiger partial charge in [0.15, 0.2) is 11.6 Å². The third-order valence-corrected chi connectivity index (χ3v) is 6.77. The van der Waals surface area contributed by atoms with Gasteiger partial charge in [0.1, 0.15) is 16.9 Å². The second-order valence-electron chi connectivity index (χ2n) is 7.67. The highest BCUT2D eigenvalue weighted by Crippen LogP contribution is 2.38. The van der Waals surface area contributed by atoms with E-state index in [0.29, 0.717) is 16.8 Å². The second kappa shape index (κ2) is 9.03. The number of hydrogen-bond donors (Lipinski definition) is 1. The van der Waals surface area contributed by atoms with Crippen LogP contribution in [-0.4, -0.2) is 31.7 Å². The van der Waals surface area contributed by atoms with Crippen LogP contribution in [0.25, 0.3) is 10.9 Å². The molecule has 0 atom stereocenters. The Labute approximate surface area is 198 Å². The van der Waals surface area contributed by atoms with Crippen LogP contribution in [0.4, 0.5) is 27.6 Å². The minimum absolute atomic E-state index is 0.169. The van der Waals surface area contributed by atoms with Crippen molar-refractivity contribution in [2.45, 2.75) is 41.8 Å². The van der Waals surface area contributed by atoms with E-state index in [1.165, 1.54) is 0 Å². The van der Waals surface area contributed by atoms with Gasteiger partial charge in [-0.1, -0.05) is 28.7 Å². The number of carbonyl (C=O) groups is 1. The van der Waals surface area contributed by atoms with Crippen molar-refractivity contribution in [3.63, 3.8) is 0 Å². The van der Waals surface area contributed by atoms with E-state index in [9.17, 15) is 18.0 Å². The molecule has 176 valence electrons. The van der Waals surface area contributed by atoms with Crippen LogP contribution >= 0.6 is 22.6 Å². The molecule has 4 rings (SSSR count).